The molecule has 0 aliphatic carbocycles. The molecule has 0 radical (unpaired) electrons. The van der Waals surface area contributed by atoms with E-state index in [1.807, 2.05) is 0 Å². The van der Waals surface area contributed by atoms with Gasteiger partial charge in [-0.3, -0.25) is 9.59 Å². The number of hydrogen-bond acceptors (Lipinski definition) is 15. The zero-order valence-electron chi connectivity index (χ0n) is 22.8. The summed E-state index contributed by atoms with van der Waals surface area (Å²) in [5, 5.41) is 59.2. The standard InChI is InChI=1S/C27H34O15/c1-13(29)38-8-6-15-16(10-21(32)39-7-5-14-3-4-18(30)19(31)9-14)17(25(36)37-2)12-40-26(15)42-27-24(35)23(34)22(33)20(11-28)41-27/h3-4,6,9,12,16,20,22-24,26-28,30-31,33-35H,5,7-8,10-11H2,1-2H3/b15-6+. The molecule has 1 aromatic carbocycles. The molecule has 15 nitrogen and oxygen atoms in total. The lowest BCUT2D eigenvalue weighted by atomic mass is 9.86. The molecule has 1 fully saturated rings. The van der Waals surface area contributed by atoms with Crippen LogP contribution in [-0.2, 0) is 49.2 Å². The van der Waals surface area contributed by atoms with Gasteiger partial charge in [0, 0.05) is 24.8 Å². The Morgan fingerprint density at radius 1 is 1.02 bits per heavy atom. The molecule has 7 atom stereocenters. The molecule has 6 N–H and O–H groups in total. The number of benzene rings is 1. The van der Waals surface area contributed by atoms with Crippen molar-refractivity contribution in [3.05, 3.63) is 47.2 Å². The molecule has 232 valence electrons. The van der Waals surface area contributed by atoms with Crippen molar-refractivity contribution in [2.45, 2.75) is 56.8 Å². The van der Waals surface area contributed by atoms with Crippen LogP contribution >= 0.6 is 0 Å². The lowest BCUT2D eigenvalue weighted by Gasteiger charge is -2.42. The fourth-order valence-electron chi connectivity index (χ4n) is 4.31. The minimum absolute atomic E-state index is 0.0801. The number of aliphatic hydroxyl groups is 4. The van der Waals surface area contributed by atoms with Crippen LogP contribution < -0.4 is 0 Å². The Balaban J connectivity index is 1.82. The van der Waals surface area contributed by atoms with Crippen molar-refractivity contribution in [2.75, 3.05) is 26.9 Å². The van der Waals surface area contributed by atoms with Gasteiger partial charge in [-0.15, -0.1) is 0 Å². The Kier molecular flexibility index (Phi) is 11.7. The van der Waals surface area contributed by atoms with Gasteiger partial charge in [0.2, 0.25) is 6.29 Å². The topological polar surface area (TPSA) is 228 Å². The fourth-order valence-corrected chi connectivity index (χ4v) is 4.31. The van der Waals surface area contributed by atoms with Crippen LogP contribution in [0.25, 0.3) is 0 Å². The minimum atomic E-state index is -1.78. The van der Waals surface area contributed by atoms with E-state index in [1.165, 1.54) is 31.2 Å². The highest BCUT2D eigenvalue weighted by Crippen LogP contribution is 2.36. The highest BCUT2D eigenvalue weighted by Gasteiger charge is 2.47. The molecule has 2 heterocycles. The average molecular weight is 599 g/mol. The van der Waals surface area contributed by atoms with Crippen molar-refractivity contribution in [2.24, 2.45) is 5.92 Å². The summed E-state index contributed by atoms with van der Waals surface area (Å²) in [5.74, 6) is -3.97. The van der Waals surface area contributed by atoms with Gasteiger partial charge in [0.1, 0.15) is 31.0 Å². The first-order valence-electron chi connectivity index (χ1n) is 12.9. The van der Waals surface area contributed by atoms with E-state index in [0.29, 0.717) is 5.56 Å². The summed E-state index contributed by atoms with van der Waals surface area (Å²) in [7, 11) is 1.12. The summed E-state index contributed by atoms with van der Waals surface area (Å²) >= 11 is 0. The summed E-state index contributed by atoms with van der Waals surface area (Å²) in [6.45, 7) is 0.0180. The molecule has 2 aliphatic rings. The van der Waals surface area contributed by atoms with E-state index in [-0.39, 0.29) is 42.3 Å². The lowest BCUT2D eigenvalue weighted by molar-refractivity contribution is -0.327. The van der Waals surface area contributed by atoms with Gasteiger partial charge in [-0.05, 0) is 23.8 Å². The van der Waals surface area contributed by atoms with Crippen LogP contribution in [0.3, 0.4) is 0 Å². The molecule has 42 heavy (non-hydrogen) atoms. The maximum atomic E-state index is 12.9. The maximum Gasteiger partial charge on any atom is 0.337 e. The van der Waals surface area contributed by atoms with E-state index in [0.717, 1.165) is 13.4 Å². The Morgan fingerprint density at radius 3 is 2.40 bits per heavy atom. The van der Waals surface area contributed by atoms with E-state index in [1.54, 1.807) is 0 Å². The van der Waals surface area contributed by atoms with Crippen molar-refractivity contribution in [1.82, 2.24) is 0 Å². The number of esters is 3. The van der Waals surface area contributed by atoms with Gasteiger partial charge in [0.15, 0.2) is 17.8 Å². The fraction of sp³-hybridized carbons (Fsp3) is 0.519. The highest BCUT2D eigenvalue weighted by atomic mass is 16.8. The van der Waals surface area contributed by atoms with Gasteiger partial charge in [0.25, 0.3) is 0 Å². The third-order valence-electron chi connectivity index (χ3n) is 6.57. The van der Waals surface area contributed by atoms with Crippen LogP contribution in [0.5, 0.6) is 11.5 Å². The molecule has 0 saturated carbocycles. The van der Waals surface area contributed by atoms with Gasteiger partial charge in [-0.2, -0.15) is 0 Å². The molecule has 0 aromatic heterocycles. The molecular weight excluding hydrogens is 564 g/mol. The molecule has 15 heteroatoms. The first-order chi connectivity index (χ1) is 20.0. The van der Waals surface area contributed by atoms with Crippen LogP contribution in [-0.4, -0.2) is 112 Å². The Bertz CT molecular complexity index is 1180. The minimum Gasteiger partial charge on any atom is -0.504 e. The number of carbonyl (C=O) groups is 3. The zero-order chi connectivity index (χ0) is 31.0. The highest BCUT2D eigenvalue weighted by molar-refractivity contribution is 5.90. The number of aromatic hydroxyl groups is 2. The SMILES string of the molecule is COC(=O)C1=COC(OC2OC(CO)C(O)C(O)C2O)/C(=C/COC(C)=O)C1CC(=O)OCCc1ccc(O)c(O)c1. The second-order valence-corrected chi connectivity index (χ2v) is 9.42. The predicted octanol–water partition coefficient (Wildman–Crippen LogP) is -1.09. The maximum absolute atomic E-state index is 12.9. The van der Waals surface area contributed by atoms with E-state index < -0.39 is 73.8 Å². The normalized spacial score (nSPS) is 28.4. The molecule has 7 unspecified atom stereocenters. The monoisotopic (exact) mass is 598 g/mol. The second kappa shape index (κ2) is 14.9. The average Bonchev–Trinajstić information content (AvgIpc) is 2.95. The number of phenolic OH excluding ortho intramolecular Hbond substituents is 2. The summed E-state index contributed by atoms with van der Waals surface area (Å²) in [4.78, 5) is 36.8. The van der Waals surface area contributed by atoms with Crippen molar-refractivity contribution in [3.63, 3.8) is 0 Å². The molecule has 0 spiro atoms. The number of methoxy groups -OCH3 is 1. The van der Waals surface area contributed by atoms with Crippen molar-refractivity contribution >= 4 is 17.9 Å². The van der Waals surface area contributed by atoms with E-state index >= 15 is 0 Å². The quantitative estimate of drug-likeness (QED) is 0.0769. The third kappa shape index (κ3) is 8.18. The van der Waals surface area contributed by atoms with Crippen LogP contribution in [0, 0.1) is 5.92 Å². The summed E-state index contributed by atoms with van der Waals surface area (Å²) in [6, 6.07) is 4.14. The largest absolute Gasteiger partial charge is 0.504 e. The van der Waals surface area contributed by atoms with Gasteiger partial charge in [-0.25, -0.2) is 4.79 Å². The van der Waals surface area contributed by atoms with Crippen molar-refractivity contribution in [3.8, 4) is 11.5 Å². The van der Waals surface area contributed by atoms with Crippen molar-refractivity contribution < 1.29 is 73.4 Å². The van der Waals surface area contributed by atoms with Gasteiger partial charge in [-0.1, -0.05) is 6.07 Å². The Morgan fingerprint density at radius 2 is 1.76 bits per heavy atom. The number of ether oxygens (including phenoxy) is 6. The van der Waals surface area contributed by atoms with Gasteiger partial charge < -0.3 is 59.1 Å². The smallest absolute Gasteiger partial charge is 0.337 e. The second-order valence-electron chi connectivity index (χ2n) is 9.42. The Hall–Kier alpha value is -3.73. The summed E-state index contributed by atoms with van der Waals surface area (Å²) in [6.07, 6.45) is -7.49. The first-order valence-corrected chi connectivity index (χ1v) is 12.9. The van der Waals surface area contributed by atoms with E-state index in [4.69, 9.17) is 28.4 Å². The summed E-state index contributed by atoms with van der Waals surface area (Å²) in [5.41, 5.74) is 0.548. The summed E-state index contributed by atoms with van der Waals surface area (Å²) < 4.78 is 31.8. The third-order valence-corrected chi connectivity index (χ3v) is 6.57. The predicted molar refractivity (Wildman–Crippen MR) is 137 cm³/mol. The number of aliphatic hydroxyl groups excluding tert-OH is 4. The van der Waals surface area contributed by atoms with Crippen LogP contribution in [0.1, 0.15) is 18.9 Å². The molecule has 3 rings (SSSR count). The van der Waals surface area contributed by atoms with Crippen LogP contribution in [0.4, 0.5) is 0 Å². The van der Waals surface area contributed by atoms with Crippen molar-refractivity contribution in [1.29, 1.82) is 0 Å². The van der Waals surface area contributed by atoms with Crippen LogP contribution in [0.15, 0.2) is 41.7 Å². The molecular formula is C27H34O15. The molecule has 0 amide bonds. The number of phenols is 2. The molecule has 2 aliphatic heterocycles. The number of hydrogen-bond donors (Lipinski definition) is 6. The van der Waals surface area contributed by atoms with E-state index in [9.17, 15) is 45.0 Å². The Labute approximate surface area is 240 Å². The zero-order valence-corrected chi connectivity index (χ0v) is 22.8. The lowest BCUT2D eigenvalue weighted by Crippen LogP contribution is -2.60. The molecule has 1 saturated heterocycles. The number of rotatable bonds is 11. The first kappa shape index (κ1) is 32.8. The van der Waals surface area contributed by atoms with Gasteiger partial charge in [0.05, 0.1) is 38.6 Å². The van der Waals surface area contributed by atoms with Gasteiger partial charge >= 0.3 is 17.9 Å². The molecule has 1 aromatic rings. The van der Waals surface area contributed by atoms with Crippen LogP contribution in [0.2, 0.25) is 0 Å². The number of carbonyl (C=O) groups excluding carboxylic acids is 3. The molecule has 0 bridgehead atoms. The van der Waals surface area contributed by atoms with E-state index in [2.05, 4.69) is 0 Å².